The van der Waals surface area contributed by atoms with Crippen LogP contribution in [0.4, 0.5) is 8.78 Å². The second-order valence-electron chi connectivity index (χ2n) is 6.00. The lowest BCUT2D eigenvalue weighted by Crippen LogP contribution is -2.48. The summed E-state index contributed by atoms with van der Waals surface area (Å²) in [6.45, 7) is 0.435. The molecule has 1 aliphatic heterocycles. The van der Waals surface area contributed by atoms with Gasteiger partial charge in [-0.25, -0.2) is 13.6 Å². The van der Waals surface area contributed by atoms with E-state index in [0.29, 0.717) is 24.9 Å². The lowest BCUT2D eigenvalue weighted by Gasteiger charge is -2.33. The van der Waals surface area contributed by atoms with Gasteiger partial charge in [0.15, 0.2) is 0 Å². The molecule has 0 aromatic heterocycles. The smallest absolute Gasteiger partial charge is 0.326 e. The highest BCUT2D eigenvalue weighted by molar-refractivity contribution is 5.87. The fourth-order valence-electron chi connectivity index (χ4n) is 3.28. The Balaban J connectivity index is 1.73. The number of hydrogen-bond donors (Lipinski definition) is 1. The summed E-state index contributed by atoms with van der Waals surface area (Å²) in [4.78, 5) is 25.2. The molecule has 3 atom stereocenters. The number of carboxylic acid groups (broad SMARTS) is 1. The van der Waals surface area contributed by atoms with Crippen LogP contribution in [0.1, 0.15) is 37.2 Å². The molecule has 1 saturated heterocycles. The van der Waals surface area contributed by atoms with Gasteiger partial charge in [-0.1, -0.05) is 6.07 Å². The number of carboxylic acids is 1. The minimum absolute atomic E-state index is 0.221. The molecule has 0 bridgehead atoms. The van der Waals surface area contributed by atoms with Gasteiger partial charge >= 0.3 is 5.97 Å². The predicted octanol–water partition coefficient (Wildman–Crippen LogP) is 2.53. The van der Waals surface area contributed by atoms with Crippen molar-refractivity contribution in [3.8, 4) is 0 Å². The number of nitrogens with zero attached hydrogens (tertiary/aromatic N) is 1. The Labute approximate surface area is 126 Å². The normalized spacial score (nSPS) is 27.5. The molecule has 1 amide bonds. The van der Waals surface area contributed by atoms with Crippen LogP contribution in [0, 0.1) is 17.6 Å². The average molecular weight is 309 g/mol. The van der Waals surface area contributed by atoms with Crippen LogP contribution in [0.25, 0.3) is 0 Å². The second kappa shape index (κ2) is 5.66. The number of carbonyl (C=O) groups excluding carboxylic acids is 1. The first-order valence-electron chi connectivity index (χ1n) is 7.47. The standard InChI is InChI=1S/C16H17F2NO3/c17-9-4-5-10(13(18)7-9)11-8-12(11)15(20)19-6-2-1-3-14(19)16(21)22/h4-5,7,11-12,14H,1-3,6,8H2,(H,21,22). The summed E-state index contributed by atoms with van der Waals surface area (Å²) in [6.07, 6.45) is 2.53. The van der Waals surface area contributed by atoms with Crippen LogP contribution in [0.15, 0.2) is 18.2 Å². The number of rotatable bonds is 3. The van der Waals surface area contributed by atoms with Crippen LogP contribution in [0.5, 0.6) is 0 Å². The topological polar surface area (TPSA) is 57.6 Å². The van der Waals surface area contributed by atoms with Crippen LogP contribution in [-0.4, -0.2) is 34.5 Å². The zero-order valence-electron chi connectivity index (χ0n) is 12.0. The van der Waals surface area contributed by atoms with Crippen molar-refractivity contribution in [3.05, 3.63) is 35.4 Å². The molecule has 22 heavy (non-hydrogen) atoms. The summed E-state index contributed by atoms with van der Waals surface area (Å²) in [7, 11) is 0. The molecule has 3 unspecified atom stereocenters. The highest BCUT2D eigenvalue weighted by atomic mass is 19.1. The SMILES string of the molecule is O=C(O)C1CCCCN1C(=O)C1CC1c1ccc(F)cc1F. The van der Waals surface area contributed by atoms with Crippen molar-refractivity contribution in [2.24, 2.45) is 5.92 Å². The van der Waals surface area contributed by atoms with Crippen molar-refractivity contribution >= 4 is 11.9 Å². The Morgan fingerprint density at radius 1 is 1.23 bits per heavy atom. The molecule has 0 radical (unpaired) electrons. The zero-order chi connectivity index (χ0) is 15.9. The van der Waals surface area contributed by atoms with Gasteiger partial charge in [0.1, 0.15) is 17.7 Å². The van der Waals surface area contributed by atoms with Crippen molar-refractivity contribution in [2.45, 2.75) is 37.6 Å². The quantitative estimate of drug-likeness (QED) is 0.933. The number of amides is 1. The molecule has 2 aliphatic rings. The zero-order valence-corrected chi connectivity index (χ0v) is 12.0. The minimum Gasteiger partial charge on any atom is -0.480 e. The summed E-state index contributed by atoms with van der Waals surface area (Å²) in [5.41, 5.74) is 0.337. The molecule has 1 aromatic carbocycles. The van der Waals surface area contributed by atoms with Gasteiger partial charge in [-0.05, 0) is 43.2 Å². The van der Waals surface area contributed by atoms with Crippen LogP contribution < -0.4 is 0 Å². The minimum atomic E-state index is -0.988. The Kier molecular flexibility index (Phi) is 3.85. The number of carbonyl (C=O) groups is 2. The summed E-state index contributed by atoms with van der Waals surface area (Å²) in [5.74, 6) is -3.16. The molecule has 2 fully saturated rings. The molecule has 0 spiro atoms. The number of halogens is 2. The number of piperidine rings is 1. The van der Waals surface area contributed by atoms with Crippen molar-refractivity contribution < 1.29 is 23.5 Å². The van der Waals surface area contributed by atoms with Gasteiger partial charge in [0.2, 0.25) is 5.91 Å². The maximum Gasteiger partial charge on any atom is 0.326 e. The van der Waals surface area contributed by atoms with Gasteiger partial charge in [-0.2, -0.15) is 0 Å². The first kappa shape index (κ1) is 14.9. The number of aliphatic carboxylic acids is 1. The molecule has 118 valence electrons. The second-order valence-corrected chi connectivity index (χ2v) is 6.00. The molecule has 1 saturated carbocycles. The van der Waals surface area contributed by atoms with E-state index in [0.717, 1.165) is 18.9 Å². The third-order valence-electron chi connectivity index (χ3n) is 4.54. The summed E-state index contributed by atoms with van der Waals surface area (Å²) >= 11 is 0. The molecule has 4 nitrogen and oxygen atoms in total. The van der Waals surface area contributed by atoms with Gasteiger partial charge in [-0.15, -0.1) is 0 Å². The van der Waals surface area contributed by atoms with Crippen molar-refractivity contribution in [3.63, 3.8) is 0 Å². The van der Waals surface area contributed by atoms with E-state index in [2.05, 4.69) is 0 Å². The summed E-state index contributed by atoms with van der Waals surface area (Å²) < 4.78 is 26.7. The lowest BCUT2D eigenvalue weighted by molar-refractivity contribution is -0.152. The van der Waals surface area contributed by atoms with Crippen LogP contribution in [0.3, 0.4) is 0 Å². The number of benzene rings is 1. The molecular formula is C16H17F2NO3. The van der Waals surface area contributed by atoms with E-state index < -0.39 is 23.6 Å². The van der Waals surface area contributed by atoms with E-state index >= 15 is 0 Å². The van der Waals surface area contributed by atoms with Crippen LogP contribution in [-0.2, 0) is 9.59 Å². The van der Waals surface area contributed by atoms with E-state index in [4.69, 9.17) is 0 Å². The first-order valence-corrected chi connectivity index (χ1v) is 7.47. The van der Waals surface area contributed by atoms with Crippen molar-refractivity contribution in [1.29, 1.82) is 0 Å². The fourth-order valence-corrected chi connectivity index (χ4v) is 3.28. The van der Waals surface area contributed by atoms with E-state index in [-0.39, 0.29) is 17.7 Å². The summed E-state index contributed by atoms with van der Waals surface area (Å²) in [5, 5.41) is 9.22. The van der Waals surface area contributed by atoms with E-state index in [9.17, 15) is 23.5 Å². The monoisotopic (exact) mass is 309 g/mol. The fraction of sp³-hybridized carbons (Fsp3) is 0.500. The highest BCUT2D eigenvalue weighted by Crippen LogP contribution is 2.49. The van der Waals surface area contributed by atoms with Gasteiger partial charge in [0.05, 0.1) is 0 Å². The Morgan fingerprint density at radius 3 is 2.68 bits per heavy atom. The third-order valence-corrected chi connectivity index (χ3v) is 4.54. The largest absolute Gasteiger partial charge is 0.480 e. The molecule has 1 heterocycles. The van der Waals surface area contributed by atoms with E-state index in [1.54, 1.807) is 0 Å². The maximum absolute atomic E-state index is 13.8. The number of likely N-dealkylation sites (tertiary alicyclic amines) is 1. The van der Waals surface area contributed by atoms with Crippen LogP contribution in [0.2, 0.25) is 0 Å². The van der Waals surface area contributed by atoms with Gasteiger partial charge < -0.3 is 10.0 Å². The van der Waals surface area contributed by atoms with E-state index in [1.807, 2.05) is 0 Å². The Bertz CT molecular complexity index is 619. The predicted molar refractivity (Wildman–Crippen MR) is 74.2 cm³/mol. The summed E-state index contributed by atoms with van der Waals surface area (Å²) in [6, 6.07) is 2.59. The van der Waals surface area contributed by atoms with Gasteiger partial charge in [0, 0.05) is 18.5 Å². The maximum atomic E-state index is 13.8. The molecule has 6 heteroatoms. The van der Waals surface area contributed by atoms with Crippen LogP contribution >= 0.6 is 0 Å². The molecule has 1 aromatic rings. The molecule has 1 aliphatic carbocycles. The Hall–Kier alpha value is -1.98. The van der Waals surface area contributed by atoms with Gasteiger partial charge in [-0.3, -0.25) is 4.79 Å². The third kappa shape index (κ3) is 2.69. The van der Waals surface area contributed by atoms with E-state index in [1.165, 1.54) is 17.0 Å². The molecule has 1 N–H and O–H groups in total. The van der Waals surface area contributed by atoms with Crippen molar-refractivity contribution in [1.82, 2.24) is 4.90 Å². The van der Waals surface area contributed by atoms with Crippen molar-refractivity contribution in [2.75, 3.05) is 6.54 Å². The molecular weight excluding hydrogens is 292 g/mol. The molecule has 3 rings (SSSR count). The van der Waals surface area contributed by atoms with Gasteiger partial charge in [0.25, 0.3) is 0 Å². The average Bonchev–Trinajstić information content (AvgIpc) is 3.26. The number of hydrogen-bond acceptors (Lipinski definition) is 2. The lowest BCUT2D eigenvalue weighted by atomic mass is 10.0. The highest BCUT2D eigenvalue weighted by Gasteiger charge is 2.49. The first-order chi connectivity index (χ1) is 10.5. The Morgan fingerprint density at radius 2 is 2.00 bits per heavy atom.